The number of carbonyl (C=O) groups excluding carboxylic acids is 1. The maximum Gasteiger partial charge on any atom is 0.311 e. The van der Waals surface area contributed by atoms with Crippen LogP contribution in [0.15, 0.2) is 48.5 Å². The van der Waals surface area contributed by atoms with Gasteiger partial charge in [-0.3, -0.25) is 14.9 Å². The molecule has 0 aromatic heterocycles. The molecule has 1 saturated heterocycles. The molecular formula is C18H19N3O4. The standard InChI is InChI=1S/C18H19N3O4/c22-17-7-6-13(12-16(17)21(24)25)18(23)20-10-8-15(9-11-20)19-14-4-2-1-3-5-14/h1-7,12,15,19,22H,8-11H2. The first-order valence-corrected chi connectivity index (χ1v) is 8.13. The van der Waals surface area contributed by atoms with Crippen molar-refractivity contribution in [2.24, 2.45) is 0 Å². The van der Waals surface area contributed by atoms with Gasteiger partial charge in [0.05, 0.1) is 4.92 Å². The van der Waals surface area contributed by atoms with Crippen molar-refractivity contribution in [1.82, 2.24) is 4.90 Å². The molecule has 25 heavy (non-hydrogen) atoms. The fourth-order valence-electron chi connectivity index (χ4n) is 2.98. The second kappa shape index (κ2) is 7.21. The number of likely N-dealkylation sites (tertiary alicyclic amines) is 1. The number of amides is 1. The summed E-state index contributed by atoms with van der Waals surface area (Å²) in [5.41, 5.74) is 0.826. The van der Waals surface area contributed by atoms with E-state index in [-0.39, 0.29) is 11.5 Å². The first-order valence-electron chi connectivity index (χ1n) is 8.13. The predicted octanol–water partition coefficient (Wildman–Crippen LogP) is 3.02. The molecular weight excluding hydrogens is 322 g/mol. The van der Waals surface area contributed by atoms with Crippen LogP contribution in [0.5, 0.6) is 5.75 Å². The number of para-hydroxylation sites is 1. The number of nitrogens with one attached hydrogen (secondary N) is 1. The molecule has 1 fully saturated rings. The zero-order valence-electron chi connectivity index (χ0n) is 13.6. The van der Waals surface area contributed by atoms with E-state index in [1.165, 1.54) is 12.1 Å². The molecule has 0 aliphatic carbocycles. The van der Waals surface area contributed by atoms with E-state index in [0.717, 1.165) is 24.6 Å². The van der Waals surface area contributed by atoms with E-state index in [2.05, 4.69) is 5.32 Å². The lowest BCUT2D eigenvalue weighted by Gasteiger charge is -2.33. The van der Waals surface area contributed by atoms with Gasteiger partial charge in [0.15, 0.2) is 5.75 Å². The molecule has 1 aliphatic heterocycles. The van der Waals surface area contributed by atoms with Crippen molar-refractivity contribution in [2.75, 3.05) is 18.4 Å². The minimum absolute atomic E-state index is 0.221. The molecule has 2 aromatic carbocycles. The highest BCUT2D eigenvalue weighted by molar-refractivity contribution is 5.95. The number of nitrogens with zero attached hydrogens (tertiary/aromatic N) is 2. The Kier molecular flexibility index (Phi) is 4.83. The normalized spacial score (nSPS) is 15.0. The molecule has 0 unspecified atom stereocenters. The number of hydrogen-bond acceptors (Lipinski definition) is 5. The van der Waals surface area contributed by atoms with Gasteiger partial charge in [0.2, 0.25) is 0 Å². The number of anilines is 1. The molecule has 0 bridgehead atoms. The lowest BCUT2D eigenvalue weighted by molar-refractivity contribution is -0.385. The number of benzene rings is 2. The van der Waals surface area contributed by atoms with Gasteiger partial charge < -0.3 is 15.3 Å². The molecule has 3 rings (SSSR count). The van der Waals surface area contributed by atoms with Crippen LogP contribution < -0.4 is 5.32 Å². The topological polar surface area (TPSA) is 95.7 Å². The van der Waals surface area contributed by atoms with Crippen molar-refractivity contribution in [1.29, 1.82) is 0 Å². The van der Waals surface area contributed by atoms with E-state index in [0.29, 0.717) is 19.1 Å². The van der Waals surface area contributed by atoms with Crippen LogP contribution in [0, 0.1) is 10.1 Å². The molecule has 7 nitrogen and oxygen atoms in total. The van der Waals surface area contributed by atoms with Gasteiger partial charge in [-0.15, -0.1) is 0 Å². The van der Waals surface area contributed by atoms with Crippen molar-refractivity contribution >= 4 is 17.3 Å². The number of hydrogen-bond donors (Lipinski definition) is 2. The molecule has 1 heterocycles. The zero-order valence-corrected chi connectivity index (χ0v) is 13.6. The number of phenolic OH excluding ortho intramolecular Hbond substituents is 1. The van der Waals surface area contributed by atoms with Crippen LogP contribution in [0.3, 0.4) is 0 Å². The number of nitro groups is 1. The largest absolute Gasteiger partial charge is 0.502 e. The lowest BCUT2D eigenvalue weighted by Crippen LogP contribution is -2.42. The Bertz CT molecular complexity index is 771. The average molecular weight is 341 g/mol. The smallest absolute Gasteiger partial charge is 0.311 e. The second-order valence-corrected chi connectivity index (χ2v) is 6.04. The SMILES string of the molecule is O=C(c1ccc(O)c([N+](=O)[O-])c1)N1CCC(Nc2ccccc2)CC1. The monoisotopic (exact) mass is 341 g/mol. The fraction of sp³-hybridized carbons (Fsp3) is 0.278. The van der Waals surface area contributed by atoms with Gasteiger partial charge in [-0.05, 0) is 37.1 Å². The molecule has 0 spiro atoms. The maximum absolute atomic E-state index is 12.6. The number of carbonyl (C=O) groups is 1. The van der Waals surface area contributed by atoms with Crippen LogP contribution in [-0.2, 0) is 0 Å². The Morgan fingerprint density at radius 3 is 2.48 bits per heavy atom. The number of piperidine rings is 1. The Balaban J connectivity index is 1.62. The summed E-state index contributed by atoms with van der Waals surface area (Å²) in [4.78, 5) is 24.5. The van der Waals surface area contributed by atoms with Crippen molar-refractivity contribution in [3.05, 3.63) is 64.2 Å². The van der Waals surface area contributed by atoms with Crippen molar-refractivity contribution in [3.8, 4) is 5.75 Å². The lowest BCUT2D eigenvalue weighted by atomic mass is 10.0. The van der Waals surface area contributed by atoms with Crippen LogP contribution in [0.25, 0.3) is 0 Å². The van der Waals surface area contributed by atoms with Crippen LogP contribution in [0.4, 0.5) is 11.4 Å². The third-order valence-electron chi connectivity index (χ3n) is 4.35. The Hall–Kier alpha value is -3.09. The molecule has 130 valence electrons. The van der Waals surface area contributed by atoms with Gasteiger partial charge in [0.1, 0.15) is 0 Å². The van der Waals surface area contributed by atoms with Crippen molar-refractivity contribution in [3.63, 3.8) is 0 Å². The summed E-state index contributed by atoms with van der Waals surface area (Å²) >= 11 is 0. The van der Waals surface area contributed by atoms with E-state index in [9.17, 15) is 20.0 Å². The summed E-state index contributed by atoms with van der Waals surface area (Å²) in [6.07, 6.45) is 1.61. The Morgan fingerprint density at radius 2 is 1.84 bits per heavy atom. The van der Waals surface area contributed by atoms with E-state index in [1.807, 2.05) is 30.3 Å². The van der Waals surface area contributed by atoms with E-state index in [4.69, 9.17) is 0 Å². The molecule has 0 saturated carbocycles. The molecule has 2 aromatic rings. The molecule has 2 N–H and O–H groups in total. The molecule has 7 heteroatoms. The number of phenols is 1. The van der Waals surface area contributed by atoms with Crippen LogP contribution in [0.1, 0.15) is 23.2 Å². The summed E-state index contributed by atoms with van der Waals surface area (Å²) in [6.45, 7) is 1.16. The fourth-order valence-corrected chi connectivity index (χ4v) is 2.98. The summed E-state index contributed by atoms with van der Waals surface area (Å²) in [5.74, 6) is -0.686. The Labute approximate surface area is 145 Å². The molecule has 0 radical (unpaired) electrons. The van der Waals surface area contributed by atoms with Crippen LogP contribution in [-0.4, -0.2) is 40.0 Å². The minimum Gasteiger partial charge on any atom is -0.502 e. The molecule has 0 atom stereocenters. The van der Waals surface area contributed by atoms with E-state index in [1.54, 1.807) is 4.90 Å². The van der Waals surface area contributed by atoms with E-state index >= 15 is 0 Å². The zero-order chi connectivity index (χ0) is 17.8. The van der Waals surface area contributed by atoms with Gasteiger partial charge in [-0.1, -0.05) is 18.2 Å². The number of nitro benzene ring substituents is 1. The summed E-state index contributed by atoms with van der Waals surface area (Å²) in [6, 6.07) is 13.9. The number of rotatable bonds is 4. The van der Waals surface area contributed by atoms with Gasteiger partial charge in [-0.2, -0.15) is 0 Å². The Morgan fingerprint density at radius 1 is 1.16 bits per heavy atom. The highest BCUT2D eigenvalue weighted by atomic mass is 16.6. The molecule has 1 aliphatic rings. The molecule has 1 amide bonds. The first kappa shape index (κ1) is 16.8. The third kappa shape index (κ3) is 3.88. The van der Waals surface area contributed by atoms with Gasteiger partial charge in [-0.25, -0.2) is 0 Å². The van der Waals surface area contributed by atoms with Gasteiger partial charge in [0, 0.05) is 36.4 Å². The summed E-state index contributed by atoms with van der Waals surface area (Å²) in [5, 5.41) is 23.9. The second-order valence-electron chi connectivity index (χ2n) is 6.04. The first-order chi connectivity index (χ1) is 12.0. The highest BCUT2D eigenvalue weighted by Gasteiger charge is 2.25. The van der Waals surface area contributed by atoms with Crippen molar-refractivity contribution in [2.45, 2.75) is 18.9 Å². The predicted molar refractivity (Wildman–Crippen MR) is 93.8 cm³/mol. The maximum atomic E-state index is 12.6. The quantitative estimate of drug-likeness (QED) is 0.658. The minimum atomic E-state index is -0.692. The highest BCUT2D eigenvalue weighted by Crippen LogP contribution is 2.27. The van der Waals surface area contributed by atoms with E-state index < -0.39 is 16.4 Å². The van der Waals surface area contributed by atoms with Gasteiger partial charge >= 0.3 is 5.69 Å². The van der Waals surface area contributed by atoms with Gasteiger partial charge in [0.25, 0.3) is 5.91 Å². The van der Waals surface area contributed by atoms with Crippen LogP contribution in [0.2, 0.25) is 0 Å². The summed E-state index contributed by atoms with van der Waals surface area (Å²) < 4.78 is 0. The van der Waals surface area contributed by atoms with Crippen molar-refractivity contribution < 1.29 is 14.8 Å². The number of aromatic hydroxyl groups is 1. The summed E-state index contributed by atoms with van der Waals surface area (Å²) in [7, 11) is 0. The average Bonchev–Trinajstić information content (AvgIpc) is 2.63. The third-order valence-corrected chi connectivity index (χ3v) is 4.35. The van der Waals surface area contributed by atoms with Crippen LogP contribution >= 0.6 is 0 Å².